The Labute approximate surface area is 108 Å². The molecule has 0 saturated carbocycles. The molecule has 0 saturated heterocycles. The summed E-state index contributed by atoms with van der Waals surface area (Å²) in [5, 5.41) is 17.9. The fourth-order valence-corrected chi connectivity index (χ4v) is 1.84. The van der Waals surface area contributed by atoms with E-state index < -0.39 is 23.9 Å². The molecule has 1 amide bonds. The molecule has 0 radical (unpaired) electrons. The second-order valence-electron chi connectivity index (χ2n) is 4.05. The minimum atomic E-state index is -1.18. The predicted octanol–water partition coefficient (Wildman–Crippen LogP) is 0.583. The Bertz CT molecular complexity index is 567. The number of carbonyl (C=O) groups is 3. The van der Waals surface area contributed by atoms with Crippen molar-refractivity contribution >= 4 is 23.5 Å². The lowest BCUT2D eigenvalue weighted by molar-refractivity contribution is -0.140. The molecule has 0 fully saturated rings. The topological polar surface area (TPSA) is 104 Å². The van der Waals surface area contributed by atoms with Crippen molar-refractivity contribution in [2.45, 2.75) is 13.0 Å². The third kappa shape index (κ3) is 2.22. The number of anilines is 1. The van der Waals surface area contributed by atoms with Gasteiger partial charge in [0.05, 0.1) is 11.3 Å². The molecule has 1 unspecified atom stereocenters. The maximum Gasteiger partial charge on any atom is 0.335 e. The molecule has 1 heterocycles. The Kier molecular flexibility index (Phi) is 3.12. The molecule has 1 aliphatic heterocycles. The fraction of sp³-hybridized carbons (Fsp3) is 0.250. The van der Waals surface area contributed by atoms with E-state index >= 15 is 0 Å². The standard InChI is InChI=1S/C12H11NO6/c1-6(11(15)16)13-8-4-7(12(17)18)2-3-9(8)19-5-10(13)14/h2-4,6H,5H2,1H3,(H,15,16)(H,17,18). The van der Waals surface area contributed by atoms with E-state index in [0.29, 0.717) is 0 Å². The third-order valence-corrected chi connectivity index (χ3v) is 2.83. The Morgan fingerprint density at radius 1 is 1.37 bits per heavy atom. The quantitative estimate of drug-likeness (QED) is 0.828. The summed E-state index contributed by atoms with van der Waals surface area (Å²) in [5.74, 6) is -2.58. The molecule has 1 aliphatic rings. The van der Waals surface area contributed by atoms with Gasteiger partial charge in [-0.15, -0.1) is 0 Å². The number of amides is 1. The summed E-state index contributed by atoms with van der Waals surface area (Å²) in [6.07, 6.45) is 0. The van der Waals surface area contributed by atoms with E-state index in [0.717, 1.165) is 4.90 Å². The van der Waals surface area contributed by atoms with Crippen LogP contribution in [0.4, 0.5) is 5.69 Å². The Morgan fingerprint density at radius 3 is 2.63 bits per heavy atom. The van der Waals surface area contributed by atoms with E-state index in [-0.39, 0.29) is 23.6 Å². The number of hydrogen-bond donors (Lipinski definition) is 2. The average molecular weight is 265 g/mol. The smallest absolute Gasteiger partial charge is 0.335 e. The molecule has 1 aromatic rings. The molecule has 7 heteroatoms. The average Bonchev–Trinajstić information content (AvgIpc) is 2.37. The molecule has 1 aromatic carbocycles. The number of nitrogens with zero attached hydrogens (tertiary/aromatic N) is 1. The van der Waals surface area contributed by atoms with Gasteiger partial charge in [0.1, 0.15) is 11.8 Å². The molecule has 2 N–H and O–H groups in total. The monoisotopic (exact) mass is 265 g/mol. The van der Waals surface area contributed by atoms with Crippen LogP contribution in [-0.4, -0.2) is 40.7 Å². The Morgan fingerprint density at radius 2 is 2.05 bits per heavy atom. The van der Waals surface area contributed by atoms with Crippen LogP contribution in [0.1, 0.15) is 17.3 Å². The van der Waals surface area contributed by atoms with E-state index in [9.17, 15) is 14.4 Å². The highest BCUT2D eigenvalue weighted by molar-refractivity contribution is 6.03. The van der Waals surface area contributed by atoms with Crippen LogP contribution >= 0.6 is 0 Å². The van der Waals surface area contributed by atoms with Crippen molar-refractivity contribution in [1.29, 1.82) is 0 Å². The van der Waals surface area contributed by atoms with Crippen LogP contribution < -0.4 is 9.64 Å². The SMILES string of the molecule is CC(C(=O)O)N1C(=O)COc2ccc(C(=O)O)cc21. The van der Waals surface area contributed by atoms with Crippen LogP contribution in [0.2, 0.25) is 0 Å². The summed E-state index contributed by atoms with van der Waals surface area (Å²) >= 11 is 0. The van der Waals surface area contributed by atoms with Gasteiger partial charge in [-0.05, 0) is 25.1 Å². The van der Waals surface area contributed by atoms with E-state index in [1.165, 1.54) is 25.1 Å². The second-order valence-corrected chi connectivity index (χ2v) is 4.05. The largest absolute Gasteiger partial charge is 0.482 e. The van der Waals surface area contributed by atoms with Gasteiger partial charge in [-0.3, -0.25) is 9.69 Å². The first-order valence-electron chi connectivity index (χ1n) is 5.47. The summed E-state index contributed by atoms with van der Waals surface area (Å²) in [6, 6.07) is 2.88. The van der Waals surface area contributed by atoms with Crippen molar-refractivity contribution in [3.63, 3.8) is 0 Å². The van der Waals surface area contributed by atoms with Gasteiger partial charge in [-0.25, -0.2) is 9.59 Å². The van der Waals surface area contributed by atoms with E-state index in [2.05, 4.69) is 0 Å². The molecule has 0 bridgehead atoms. The van der Waals surface area contributed by atoms with E-state index in [4.69, 9.17) is 14.9 Å². The number of carbonyl (C=O) groups excluding carboxylic acids is 1. The number of carboxylic acid groups (broad SMARTS) is 2. The zero-order chi connectivity index (χ0) is 14.2. The zero-order valence-electron chi connectivity index (χ0n) is 9.99. The van der Waals surface area contributed by atoms with E-state index in [1.807, 2.05) is 0 Å². The van der Waals surface area contributed by atoms with Gasteiger partial charge in [0.15, 0.2) is 6.61 Å². The maximum atomic E-state index is 11.8. The van der Waals surface area contributed by atoms with Gasteiger partial charge in [0.25, 0.3) is 5.91 Å². The molecule has 7 nitrogen and oxygen atoms in total. The zero-order valence-corrected chi connectivity index (χ0v) is 9.99. The van der Waals surface area contributed by atoms with Crippen LogP contribution in [0, 0.1) is 0 Å². The minimum Gasteiger partial charge on any atom is -0.482 e. The highest BCUT2D eigenvalue weighted by Gasteiger charge is 2.33. The normalized spacial score (nSPS) is 15.4. The first-order valence-corrected chi connectivity index (χ1v) is 5.47. The highest BCUT2D eigenvalue weighted by atomic mass is 16.5. The molecular weight excluding hydrogens is 254 g/mol. The number of aliphatic carboxylic acids is 1. The first-order chi connectivity index (χ1) is 8.91. The predicted molar refractivity (Wildman–Crippen MR) is 63.5 cm³/mol. The molecule has 2 rings (SSSR count). The summed E-state index contributed by atoms with van der Waals surface area (Å²) in [4.78, 5) is 34.7. The number of hydrogen-bond acceptors (Lipinski definition) is 4. The lowest BCUT2D eigenvalue weighted by atomic mass is 10.1. The molecular formula is C12H11NO6. The molecule has 1 atom stereocenters. The summed E-state index contributed by atoms with van der Waals surface area (Å²) < 4.78 is 5.15. The van der Waals surface area contributed by atoms with Gasteiger partial charge in [-0.1, -0.05) is 0 Å². The highest BCUT2D eigenvalue weighted by Crippen LogP contribution is 2.34. The van der Waals surface area contributed by atoms with Gasteiger partial charge in [0, 0.05) is 0 Å². The summed E-state index contributed by atoms with van der Waals surface area (Å²) in [7, 11) is 0. The molecule has 0 aliphatic carbocycles. The van der Waals surface area contributed by atoms with Crippen molar-refractivity contribution in [2.75, 3.05) is 11.5 Å². The number of ether oxygens (including phenoxy) is 1. The van der Waals surface area contributed by atoms with Gasteiger partial charge >= 0.3 is 11.9 Å². The summed E-state index contributed by atoms with van der Waals surface area (Å²) in [5.41, 5.74) is 0.116. The molecule has 0 aromatic heterocycles. The molecule has 0 spiro atoms. The minimum absolute atomic E-state index is 0.0420. The van der Waals surface area contributed by atoms with Crippen molar-refractivity contribution in [3.8, 4) is 5.75 Å². The first kappa shape index (κ1) is 12.9. The van der Waals surface area contributed by atoms with Crippen molar-refractivity contribution in [3.05, 3.63) is 23.8 Å². The Hall–Kier alpha value is -2.57. The second kappa shape index (κ2) is 4.60. The Balaban J connectivity index is 2.53. The van der Waals surface area contributed by atoms with E-state index in [1.54, 1.807) is 0 Å². The lowest BCUT2D eigenvalue weighted by Gasteiger charge is -2.32. The van der Waals surface area contributed by atoms with Gasteiger partial charge < -0.3 is 14.9 Å². The maximum absolute atomic E-state index is 11.8. The van der Waals surface area contributed by atoms with Crippen LogP contribution in [0.3, 0.4) is 0 Å². The number of aromatic carboxylic acids is 1. The number of fused-ring (bicyclic) bond motifs is 1. The van der Waals surface area contributed by atoms with Gasteiger partial charge in [-0.2, -0.15) is 0 Å². The number of benzene rings is 1. The van der Waals surface area contributed by atoms with Crippen LogP contribution in [0.5, 0.6) is 5.75 Å². The van der Waals surface area contributed by atoms with Crippen LogP contribution in [-0.2, 0) is 9.59 Å². The number of carboxylic acids is 2. The lowest BCUT2D eigenvalue weighted by Crippen LogP contribution is -2.48. The molecule has 19 heavy (non-hydrogen) atoms. The third-order valence-electron chi connectivity index (χ3n) is 2.83. The number of rotatable bonds is 3. The fourth-order valence-electron chi connectivity index (χ4n) is 1.84. The molecule has 100 valence electrons. The summed E-state index contributed by atoms with van der Waals surface area (Å²) in [6.45, 7) is 1.08. The van der Waals surface area contributed by atoms with Crippen molar-refractivity contribution in [2.24, 2.45) is 0 Å². The van der Waals surface area contributed by atoms with Gasteiger partial charge in [0.2, 0.25) is 0 Å². The van der Waals surface area contributed by atoms with Crippen LogP contribution in [0.25, 0.3) is 0 Å². The van der Waals surface area contributed by atoms with Crippen molar-refractivity contribution in [1.82, 2.24) is 0 Å². The van der Waals surface area contributed by atoms with Crippen molar-refractivity contribution < 1.29 is 29.3 Å². The van der Waals surface area contributed by atoms with Crippen LogP contribution in [0.15, 0.2) is 18.2 Å².